The molecule has 0 fully saturated rings. The monoisotopic (exact) mass is 298 g/mol. The quantitative estimate of drug-likeness (QED) is 0.908. The third-order valence-electron chi connectivity index (χ3n) is 2.60. The van der Waals surface area contributed by atoms with Crippen molar-refractivity contribution < 1.29 is 4.79 Å². The number of nitrogens with two attached hydrogens (primary N) is 1. The van der Waals surface area contributed by atoms with Crippen molar-refractivity contribution in [2.75, 3.05) is 7.05 Å². The zero-order chi connectivity index (χ0) is 12.8. The lowest BCUT2D eigenvalue weighted by Crippen LogP contribution is -2.41. The van der Waals surface area contributed by atoms with Crippen molar-refractivity contribution in [3.05, 3.63) is 34.3 Å². The van der Waals surface area contributed by atoms with Crippen molar-refractivity contribution in [1.82, 2.24) is 4.90 Å². The topological polar surface area (TPSA) is 46.3 Å². The van der Waals surface area contributed by atoms with Crippen LogP contribution in [-0.4, -0.2) is 23.9 Å². The maximum atomic E-state index is 11.9. The molecule has 1 aromatic rings. The van der Waals surface area contributed by atoms with Gasteiger partial charge in [-0.15, -0.1) is 0 Å². The van der Waals surface area contributed by atoms with Crippen LogP contribution in [0, 0.1) is 0 Å². The van der Waals surface area contributed by atoms with Gasteiger partial charge in [0.1, 0.15) is 0 Å². The highest BCUT2D eigenvalue weighted by Crippen LogP contribution is 2.13. The average molecular weight is 299 g/mol. The van der Waals surface area contributed by atoms with Crippen LogP contribution in [0.15, 0.2) is 28.7 Å². The molecular formula is C13H19BrN2O. The Morgan fingerprint density at radius 3 is 2.82 bits per heavy atom. The minimum absolute atomic E-state index is 0.00632. The van der Waals surface area contributed by atoms with Gasteiger partial charge in [0.15, 0.2) is 0 Å². The van der Waals surface area contributed by atoms with E-state index in [1.54, 1.807) is 11.9 Å². The molecular weight excluding hydrogens is 280 g/mol. The summed E-state index contributed by atoms with van der Waals surface area (Å²) in [5.74, 6) is 0.00632. The number of hydrogen-bond acceptors (Lipinski definition) is 2. The molecule has 94 valence electrons. The molecule has 0 aliphatic carbocycles. The van der Waals surface area contributed by atoms with Crippen LogP contribution in [0.1, 0.15) is 25.3 Å². The van der Waals surface area contributed by atoms with E-state index in [9.17, 15) is 4.79 Å². The van der Waals surface area contributed by atoms with E-state index in [0.717, 1.165) is 22.9 Å². The molecule has 1 aromatic carbocycles. The van der Waals surface area contributed by atoms with Gasteiger partial charge in [-0.25, -0.2) is 0 Å². The maximum Gasteiger partial charge on any atom is 0.239 e. The van der Waals surface area contributed by atoms with Crippen molar-refractivity contribution >= 4 is 21.8 Å². The van der Waals surface area contributed by atoms with E-state index in [0.29, 0.717) is 6.54 Å². The van der Waals surface area contributed by atoms with Gasteiger partial charge < -0.3 is 10.6 Å². The summed E-state index contributed by atoms with van der Waals surface area (Å²) in [6.45, 7) is 2.62. The van der Waals surface area contributed by atoms with E-state index in [2.05, 4.69) is 15.9 Å². The number of carbonyl (C=O) groups excluding carboxylic acids is 1. The van der Waals surface area contributed by atoms with Crippen molar-refractivity contribution in [3.63, 3.8) is 0 Å². The van der Waals surface area contributed by atoms with E-state index in [4.69, 9.17) is 5.73 Å². The van der Waals surface area contributed by atoms with Crippen molar-refractivity contribution in [1.29, 1.82) is 0 Å². The summed E-state index contributed by atoms with van der Waals surface area (Å²) in [6.07, 6.45) is 1.67. The first-order chi connectivity index (χ1) is 8.04. The lowest BCUT2D eigenvalue weighted by atomic mass is 10.1. The van der Waals surface area contributed by atoms with Crippen LogP contribution in [-0.2, 0) is 11.3 Å². The molecule has 0 aliphatic rings. The molecule has 1 rings (SSSR count). The molecule has 0 saturated heterocycles. The van der Waals surface area contributed by atoms with E-state index in [-0.39, 0.29) is 11.9 Å². The van der Waals surface area contributed by atoms with Gasteiger partial charge in [-0.1, -0.05) is 41.4 Å². The molecule has 0 aliphatic heterocycles. The fraction of sp³-hybridized carbons (Fsp3) is 0.462. The number of amides is 1. The second-order valence-electron chi connectivity index (χ2n) is 4.22. The largest absolute Gasteiger partial charge is 0.340 e. The van der Waals surface area contributed by atoms with Crippen LogP contribution in [0.5, 0.6) is 0 Å². The Morgan fingerprint density at radius 1 is 1.53 bits per heavy atom. The zero-order valence-corrected chi connectivity index (χ0v) is 11.9. The summed E-state index contributed by atoms with van der Waals surface area (Å²) in [5.41, 5.74) is 6.91. The van der Waals surface area contributed by atoms with Gasteiger partial charge in [0.2, 0.25) is 5.91 Å². The summed E-state index contributed by atoms with van der Waals surface area (Å²) in [7, 11) is 1.79. The van der Waals surface area contributed by atoms with Gasteiger partial charge in [-0.05, 0) is 24.1 Å². The standard InChI is InChI=1S/C13H19BrN2O/c1-3-5-12(15)13(17)16(2)9-10-6-4-7-11(14)8-10/h4,6-8,12H,3,5,9,15H2,1-2H3/t12-/m0/s1. The minimum atomic E-state index is -0.378. The predicted octanol–water partition coefficient (Wildman–Crippen LogP) is 2.53. The fourth-order valence-electron chi connectivity index (χ4n) is 1.70. The SMILES string of the molecule is CCC[C@H](N)C(=O)N(C)Cc1cccc(Br)c1. The average Bonchev–Trinajstić information content (AvgIpc) is 2.28. The first-order valence-electron chi connectivity index (χ1n) is 5.79. The molecule has 3 nitrogen and oxygen atoms in total. The van der Waals surface area contributed by atoms with Gasteiger partial charge >= 0.3 is 0 Å². The van der Waals surface area contributed by atoms with Crippen LogP contribution in [0.25, 0.3) is 0 Å². The Labute approximate surface area is 111 Å². The normalized spacial score (nSPS) is 12.2. The summed E-state index contributed by atoms with van der Waals surface area (Å²) < 4.78 is 1.02. The minimum Gasteiger partial charge on any atom is -0.340 e. The number of rotatable bonds is 5. The second-order valence-corrected chi connectivity index (χ2v) is 5.14. The predicted molar refractivity (Wildman–Crippen MR) is 73.5 cm³/mol. The molecule has 4 heteroatoms. The van der Waals surface area contributed by atoms with Gasteiger partial charge in [0.25, 0.3) is 0 Å². The lowest BCUT2D eigenvalue weighted by Gasteiger charge is -2.21. The smallest absolute Gasteiger partial charge is 0.239 e. The summed E-state index contributed by atoms with van der Waals surface area (Å²) in [4.78, 5) is 13.6. The molecule has 1 atom stereocenters. The number of carbonyl (C=O) groups is 1. The summed E-state index contributed by atoms with van der Waals surface area (Å²) in [6, 6.07) is 7.56. The Morgan fingerprint density at radius 2 is 2.24 bits per heavy atom. The second kappa shape index (κ2) is 6.77. The molecule has 1 amide bonds. The van der Waals surface area contributed by atoms with E-state index in [1.807, 2.05) is 31.2 Å². The van der Waals surface area contributed by atoms with Crippen LogP contribution >= 0.6 is 15.9 Å². The molecule has 0 radical (unpaired) electrons. The fourth-order valence-corrected chi connectivity index (χ4v) is 2.15. The van der Waals surface area contributed by atoms with Crippen LogP contribution in [0.4, 0.5) is 0 Å². The summed E-state index contributed by atoms with van der Waals surface area (Å²) in [5, 5.41) is 0. The number of nitrogens with zero attached hydrogens (tertiary/aromatic N) is 1. The molecule has 0 heterocycles. The zero-order valence-electron chi connectivity index (χ0n) is 10.3. The van der Waals surface area contributed by atoms with Crippen molar-refractivity contribution in [2.24, 2.45) is 5.73 Å². The van der Waals surface area contributed by atoms with Crippen LogP contribution in [0.2, 0.25) is 0 Å². The van der Waals surface area contributed by atoms with Gasteiger partial charge in [-0.2, -0.15) is 0 Å². The highest BCUT2D eigenvalue weighted by atomic mass is 79.9. The van der Waals surface area contributed by atoms with Crippen LogP contribution in [0.3, 0.4) is 0 Å². The molecule has 0 unspecified atom stereocenters. The van der Waals surface area contributed by atoms with Gasteiger partial charge in [0, 0.05) is 18.1 Å². The number of halogens is 1. The number of likely N-dealkylation sites (N-methyl/N-ethyl adjacent to an activating group) is 1. The maximum absolute atomic E-state index is 11.9. The van der Waals surface area contributed by atoms with E-state index < -0.39 is 0 Å². The molecule has 0 bridgehead atoms. The first kappa shape index (κ1) is 14.2. The van der Waals surface area contributed by atoms with Crippen LogP contribution < -0.4 is 5.73 Å². The Balaban J connectivity index is 2.59. The summed E-state index contributed by atoms with van der Waals surface area (Å²) >= 11 is 3.41. The number of hydrogen-bond donors (Lipinski definition) is 1. The first-order valence-corrected chi connectivity index (χ1v) is 6.59. The molecule has 2 N–H and O–H groups in total. The Bertz CT molecular complexity index is 381. The Hall–Kier alpha value is -0.870. The number of benzene rings is 1. The third-order valence-corrected chi connectivity index (χ3v) is 3.10. The third kappa shape index (κ3) is 4.48. The Kier molecular flexibility index (Phi) is 5.65. The van der Waals surface area contributed by atoms with Gasteiger partial charge in [-0.3, -0.25) is 4.79 Å². The van der Waals surface area contributed by atoms with Crippen molar-refractivity contribution in [3.8, 4) is 0 Å². The molecule has 0 saturated carbocycles. The molecule has 0 aromatic heterocycles. The van der Waals surface area contributed by atoms with Crippen molar-refractivity contribution in [2.45, 2.75) is 32.4 Å². The van der Waals surface area contributed by atoms with E-state index >= 15 is 0 Å². The highest BCUT2D eigenvalue weighted by Gasteiger charge is 2.16. The molecule has 17 heavy (non-hydrogen) atoms. The van der Waals surface area contributed by atoms with Gasteiger partial charge in [0.05, 0.1) is 6.04 Å². The molecule has 0 spiro atoms. The lowest BCUT2D eigenvalue weighted by molar-refractivity contribution is -0.131. The highest BCUT2D eigenvalue weighted by molar-refractivity contribution is 9.10. The van der Waals surface area contributed by atoms with E-state index in [1.165, 1.54) is 0 Å².